The van der Waals surface area contributed by atoms with Crippen LogP contribution in [-0.4, -0.2) is 45.6 Å². The molecule has 4 fully saturated rings. The zero-order chi connectivity index (χ0) is 27.5. The summed E-state index contributed by atoms with van der Waals surface area (Å²) in [5, 5.41) is 32.9. The SMILES string of the molecule is CC(=O)OC1C[C@]2(C)[C@@H](C[C@H](O)C3[C@@]4(C)CC[C@H](O)[C@H](C)[C@H]4CC[C@]32C)/C1=C(\CCC=C(C)C)C(=O)O. The van der Waals surface area contributed by atoms with E-state index in [2.05, 4.69) is 27.7 Å². The second kappa shape index (κ2) is 9.82. The van der Waals surface area contributed by atoms with E-state index >= 15 is 0 Å². The molecule has 2 unspecified atom stereocenters. The predicted molar refractivity (Wildman–Crippen MR) is 143 cm³/mol. The van der Waals surface area contributed by atoms with Crippen molar-refractivity contribution >= 4 is 11.9 Å². The number of fused-ring (bicyclic) bond motifs is 5. The molecule has 6 nitrogen and oxygen atoms in total. The number of hydrogen-bond donors (Lipinski definition) is 3. The maximum atomic E-state index is 12.6. The maximum absolute atomic E-state index is 12.6. The van der Waals surface area contributed by atoms with Crippen LogP contribution in [0.25, 0.3) is 0 Å². The zero-order valence-corrected chi connectivity index (χ0v) is 23.8. The number of allylic oxidation sites excluding steroid dienone is 2. The van der Waals surface area contributed by atoms with Crippen molar-refractivity contribution in [3.63, 3.8) is 0 Å². The van der Waals surface area contributed by atoms with Crippen LogP contribution >= 0.6 is 0 Å². The molecule has 4 saturated carbocycles. The molecule has 0 aromatic rings. The van der Waals surface area contributed by atoms with Gasteiger partial charge in [0.15, 0.2) is 0 Å². The molecule has 37 heavy (non-hydrogen) atoms. The number of hydrogen-bond acceptors (Lipinski definition) is 5. The summed E-state index contributed by atoms with van der Waals surface area (Å²) >= 11 is 0. The Morgan fingerprint density at radius 2 is 1.70 bits per heavy atom. The Morgan fingerprint density at radius 3 is 2.30 bits per heavy atom. The van der Waals surface area contributed by atoms with Crippen LogP contribution in [0.2, 0.25) is 0 Å². The Bertz CT molecular complexity index is 994. The highest BCUT2D eigenvalue weighted by molar-refractivity contribution is 5.88. The zero-order valence-electron chi connectivity index (χ0n) is 23.8. The molecule has 0 spiro atoms. The molecule has 4 aliphatic rings. The largest absolute Gasteiger partial charge is 0.478 e. The number of carboxylic acids is 1. The molecule has 0 radical (unpaired) electrons. The lowest BCUT2D eigenvalue weighted by Crippen LogP contribution is -2.65. The molecule has 0 bridgehead atoms. The molecule has 0 aliphatic heterocycles. The third kappa shape index (κ3) is 4.40. The maximum Gasteiger partial charge on any atom is 0.331 e. The fourth-order valence-electron chi connectivity index (χ4n) is 9.79. The predicted octanol–water partition coefficient (Wildman–Crippen LogP) is 5.67. The number of esters is 1. The van der Waals surface area contributed by atoms with E-state index in [0.717, 1.165) is 36.8 Å². The van der Waals surface area contributed by atoms with Crippen LogP contribution in [0.1, 0.15) is 99.8 Å². The first-order chi connectivity index (χ1) is 17.2. The molecule has 10 atom stereocenters. The van der Waals surface area contributed by atoms with E-state index in [9.17, 15) is 24.9 Å². The van der Waals surface area contributed by atoms with E-state index in [4.69, 9.17) is 4.74 Å². The Labute approximate surface area is 222 Å². The summed E-state index contributed by atoms with van der Waals surface area (Å²) in [6, 6.07) is 0. The summed E-state index contributed by atoms with van der Waals surface area (Å²) in [6.07, 6.45) is 6.22. The lowest BCUT2D eigenvalue weighted by molar-refractivity contribution is -0.234. The minimum atomic E-state index is -0.953. The topological polar surface area (TPSA) is 104 Å². The van der Waals surface area contributed by atoms with Crippen molar-refractivity contribution in [2.24, 2.45) is 39.9 Å². The summed E-state index contributed by atoms with van der Waals surface area (Å²) in [7, 11) is 0. The van der Waals surface area contributed by atoms with Gasteiger partial charge in [-0.15, -0.1) is 0 Å². The number of carbonyl (C=O) groups excluding carboxylic acids is 1. The summed E-state index contributed by atoms with van der Waals surface area (Å²) in [6.45, 7) is 14.5. The highest BCUT2D eigenvalue weighted by Crippen LogP contribution is 2.74. The molecule has 0 aromatic carbocycles. The van der Waals surface area contributed by atoms with Gasteiger partial charge in [0.25, 0.3) is 0 Å². The van der Waals surface area contributed by atoms with Gasteiger partial charge in [-0.2, -0.15) is 0 Å². The van der Waals surface area contributed by atoms with Gasteiger partial charge in [0.1, 0.15) is 6.10 Å². The van der Waals surface area contributed by atoms with Crippen molar-refractivity contribution < 1.29 is 29.6 Å². The van der Waals surface area contributed by atoms with Gasteiger partial charge in [-0.05, 0) is 111 Å². The van der Waals surface area contributed by atoms with Crippen LogP contribution in [0.15, 0.2) is 22.8 Å². The first kappa shape index (κ1) is 28.4. The molecular formula is C31H48O6. The third-order valence-electron chi connectivity index (χ3n) is 11.6. The van der Waals surface area contributed by atoms with Gasteiger partial charge >= 0.3 is 11.9 Å². The highest BCUT2D eigenvalue weighted by atomic mass is 16.5. The van der Waals surface area contributed by atoms with E-state index < -0.39 is 24.1 Å². The van der Waals surface area contributed by atoms with Gasteiger partial charge in [0, 0.05) is 12.5 Å². The van der Waals surface area contributed by atoms with Gasteiger partial charge in [-0.25, -0.2) is 4.79 Å². The molecule has 4 rings (SSSR count). The normalized spacial score (nSPS) is 46.2. The number of carbonyl (C=O) groups is 2. The standard InChI is InChI=1S/C31H48O6/c1-17(2)9-8-10-20(28(35)36)26-22-15-24(34)27-29(5)13-12-23(33)18(3)21(29)11-14-30(27,6)31(22,7)16-25(26)37-19(4)32/h9,18,21-25,27,33-34H,8,10-16H2,1-7H3,(H,35,36)/b26-20-/t18-,21-,22+,23+,24+,25?,27?,29+,30-,31-/m1/s1. The van der Waals surface area contributed by atoms with Crippen LogP contribution in [0, 0.1) is 39.9 Å². The minimum absolute atomic E-state index is 0.0474. The van der Waals surface area contributed by atoms with E-state index in [1.807, 2.05) is 19.9 Å². The van der Waals surface area contributed by atoms with E-state index in [0.29, 0.717) is 37.2 Å². The van der Waals surface area contributed by atoms with Crippen LogP contribution in [0.5, 0.6) is 0 Å². The monoisotopic (exact) mass is 516 g/mol. The smallest absolute Gasteiger partial charge is 0.331 e. The quantitative estimate of drug-likeness (QED) is 0.247. The van der Waals surface area contributed by atoms with Gasteiger partial charge in [-0.3, -0.25) is 4.79 Å². The van der Waals surface area contributed by atoms with Crippen molar-refractivity contribution in [1.82, 2.24) is 0 Å². The molecule has 0 aromatic heterocycles. The second-order valence-corrected chi connectivity index (χ2v) is 13.6. The van der Waals surface area contributed by atoms with Gasteiger partial charge < -0.3 is 20.1 Å². The lowest BCUT2D eigenvalue weighted by Gasteiger charge is -2.69. The van der Waals surface area contributed by atoms with Crippen molar-refractivity contribution in [2.45, 2.75) is 118 Å². The summed E-state index contributed by atoms with van der Waals surface area (Å²) < 4.78 is 5.87. The Morgan fingerprint density at radius 1 is 1.03 bits per heavy atom. The molecule has 0 heterocycles. The molecule has 6 heteroatoms. The molecule has 0 amide bonds. The Hall–Kier alpha value is -1.66. The fraction of sp³-hybridized carbons (Fsp3) is 0.806. The number of aliphatic hydroxyl groups is 2. The highest BCUT2D eigenvalue weighted by Gasteiger charge is 2.70. The van der Waals surface area contributed by atoms with E-state index in [-0.39, 0.29) is 40.1 Å². The summed E-state index contributed by atoms with van der Waals surface area (Å²) in [5.74, 6) is -0.909. The van der Waals surface area contributed by atoms with Crippen LogP contribution in [0.3, 0.4) is 0 Å². The van der Waals surface area contributed by atoms with Crippen LogP contribution in [0.4, 0.5) is 0 Å². The Kier molecular flexibility index (Phi) is 7.53. The van der Waals surface area contributed by atoms with Gasteiger partial charge in [0.05, 0.1) is 12.2 Å². The molecule has 0 saturated heterocycles. The molecule has 208 valence electrons. The van der Waals surface area contributed by atoms with E-state index in [1.165, 1.54) is 6.92 Å². The lowest BCUT2D eigenvalue weighted by atomic mass is 9.36. The third-order valence-corrected chi connectivity index (χ3v) is 11.6. The summed E-state index contributed by atoms with van der Waals surface area (Å²) in [5.41, 5.74) is 1.57. The average Bonchev–Trinajstić information content (AvgIpc) is 3.05. The number of aliphatic carboxylic acids is 1. The first-order valence-electron chi connectivity index (χ1n) is 14.3. The number of ether oxygens (including phenoxy) is 1. The van der Waals surface area contributed by atoms with Crippen molar-refractivity contribution in [1.29, 1.82) is 0 Å². The number of aliphatic hydroxyl groups excluding tert-OH is 2. The van der Waals surface area contributed by atoms with Crippen molar-refractivity contribution in [3.05, 3.63) is 22.8 Å². The average molecular weight is 517 g/mol. The number of carboxylic acid groups (broad SMARTS) is 1. The number of rotatable bonds is 5. The molecular weight excluding hydrogens is 468 g/mol. The van der Waals surface area contributed by atoms with Gasteiger partial charge in [-0.1, -0.05) is 39.3 Å². The van der Waals surface area contributed by atoms with Crippen molar-refractivity contribution in [3.8, 4) is 0 Å². The minimum Gasteiger partial charge on any atom is -0.478 e. The molecule has 3 N–H and O–H groups in total. The summed E-state index contributed by atoms with van der Waals surface area (Å²) in [4.78, 5) is 24.8. The van der Waals surface area contributed by atoms with Crippen LogP contribution in [-0.2, 0) is 14.3 Å². The van der Waals surface area contributed by atoms with Crippen LogP contribution < -0.4 is 0 Å². The van der Waals surface area contributed by atoms with E-state index in [1.54, 1.807) is 0 Å². The van der Waals surface area contributed by atoms with Gasteiger partial charge in [0.2, 0.25) is 0 Å². The fourth-order valence-corrected chi connectivity index (χ4v) is 9.79. The Balaban J connectivity index is 1.82. The van der Waals surface area contributed by atoms with Crippen molar-refractivity contribution in [2.75, 3.05) is 0 Å². The first-order valence-corrected chi connectivity index (χ1v) is 14.3. The molecule has 4 aliphatic carbocycles. The second-order valence-electron chi connectivity index (χ2n) is 13.6.